The molecule has 1 aliphatic carbocycles. The Balaban J connectivity index is 0.000000252. The van der Waals surface area contributed by atoms with E-state index in [-0.39, 0.29) is 39.7 Å². The van der Waals surface area contributed by atoms with Crippen molar-refractivity contribution >= 4 is 74.8 Å². The van der Waals surface area contributed by atoms with Crippen LogP contribution >= 0.6 is 24.8 Å². The predicted molar refractivity (Wildman–Crippen MR) is 233 cm³/mol. The van der Waals surface area contributed by atoms with E-state index < -0.39 is 0 Å². The summed E-state index contributed by atoms with van der Waals surface area (Å²) in [5.74, 6) is 0.765. The quantitative estimate of drug-likeness (QED) is 0.123. The van der Waals surface area contributed by atoms with E-state index in [1.54, 1.807) is 5.56 Å². The van der Waals surface area contributed by atoms with E-state index >= 15 is 0 Å². The number of fused-ring (bicyclic) bond motifs is 4. The van der Waals surface area contributed by atoms with E-state index in [1.807, 2.05) is 0 Å². The van der Waals surface area contributed by atoms with Crippen LogP contribution in [0.3, 0.4) is 0 Å². The molecule has 0 spiro atoms. The van der Waals surface area contributed by atoms with Gasteiger partial charge in [-0.1, -0.05) is 141 Å². The smallest absolute Gasteiger partial charge is 0.0114 e. The molecule has 0 saturated heterocycles. The van der Waals surface area contributed by atoms with Crippen LogP contribution in [0.1, 0.15) is 54.7 Å². The van der Waals surface area contributed by atoms with Crippen molar-refractivity contribution in [3.8, 4) is 22.3 Å². The molecule has 2 radical (unpaired) electrons. The molecule has 0 heterocycles. The van der Waals surface area contributed by atoms with Gasteiger partial charge in [0, 0.05) is 0 Å². The maximum atomic E-state index is 3.06. The van der Waals surface area contributed by atoms with Crippen molar-refractivity contribution in [2.75, 3.05) is 0 Å². The topological polar surface area (TPSA) is 0 Å². The van der Waals surface area contributed by atoms with Gasteiger partial charge in [0.05, 0.1) is 0 Å². The van der Waals surface area contributed by atoms with Crippen molar-refractivity contribution in [2.45, 2.75) is 51.9 Å². The first-order chi connectivity index (χ1) is 23.6. The second-order valence-corrected chi connectivity index (χ2v) is 13.3. The molecule has 266 valence electrons. The summed E-state index contributed by atoms with van der Waals surface area (Å²) in [5.41, 5.74) is 9.62. The second-order valence-electron chi connectivity index (χ2n) is 13.3. The Morgan fingerprint density at radius 2 is 1.02 bits per heavy atom. The summed E-state index contributed by atoms with van der Waals surface area (Å²) in [7, 11) is 0. The van der Waals surface area contributed by atoms with Gasteiger partial charge in [-0.3, -0.25) is 0 Å². The molecule has 8 aromatic rings. The summed E-state index contributed by atoms with van der Waals surface area (Å²) < 4.78 is 0. The SMILES string of the molecule is Cc1cc2c(-c3cccc4ccccc34)ccc(C)c2[cH-]1.Cl.Cl.[CH3-].[CH3-].[Si]=[Zr].c1ccc2c(-c3cccc4[cH-]c(C5CCCCC5)cc34)cccc2c1. The molecule has 0 unspecified atom stereocenters. The molecule has 0 aromatic heterocycles. The molecule has 0 N–H and O–H groups in total. The fraction of sp³-hybridized carbons (Fsp3) is 0.167. The van der Waals surface area contributed by atoms with Crippen molar-refractivity contribution in [3.63, 3.8) is 0 Å². The van der Waals surface area contributed by atoms with Crippen LogP contribution in [0.25, 0.3) is 65.3 Å². The Labute approximate surface area is 340 Å². The summed E-state index contributed by atoms with van der Waals surface area (Å²) in [5, 5.41) is 10.8. The molecule has 0 aliphatic heterocycles. The summed E-state index contributed by atoms with van der Waals surface area (Å²) in [6, 6.07) is 51.3. The van der Waals surface area contributed by atoms with Gasteiger partial charge in [0.15, 0.2) is 0 Å². The van der Waals surface area contributed by atoms with E-state index in [0.717, 1.165) is 5.92 Å². The van der Waals surface area contributed by atoms with E-state index in [2.05, 4.69) is 160 Å². The number of halogens is 2. The first-order valence-electron chi connectivity index (χ1n) is 17.2. The van der Waals surface area contributed by atoms with Crippen LogP contribution in [-0.4, -0.2) is 6.88 Å². The number of hydrogen-bond acceptors (Lipinski definition) is 0. The zero-order chi connectivity index (χ0) is 33.0. The number of hydrogen-bond donors (Lipinski definition) is 0. The molecule has 52 heavy (non-hydrogen) atoms. The first-order valence-corrected chi connectivity index (χ1v) is 21.4. The summed E-state index contributed by atoms with van der Waals surface area (Å²) in [4.78, 5) is 0. The van der Waals surface area contributed by atoms with Crippen LogP contribution in [0.2, 0.25) is 0 Å². The van der Waals surface area contributed by atoms with Gasteiger partial charge in [-0.15, -0.1) is 93.4 Å². The molecule has 1 aliphatic rings. The van der Waals surface area contributed by atoms with Crippen LogP contribution in [0, 0.1) is 28.7 Å². The van der Waals surface area contributed by atoms with Gasteiger partial charge in [-0.25, -0.2) is 0 Å². The summed E-state index contributed by atoms with van der Waals surface area (Å²) in [6.07, 6.45) is 6.92. The fourth-order valence-corrected chi connectivity index (χ4v) is 7.91. The average Bonchev–Trinajstić information content (AvgIpc) is 3.77. The molecule has 1 fully saturated rings. The van der Waals surface area contributed by atoms with Gasteiger partial charge in [0.25, 0.3) is 0 Å². The van der Waals surface area contributed by atoms with E-state index in [0.29, 0.717) is 0 Å². The van der Waals surface area contributed by atoms with Crippen LogP contribution < -0.4 is 0 Å². The van der Waals surface area contributed by atoms with Gasteiger partial charge in [-0.2, -0.15) is 12.1 Å². The monoisotopic (exact) mass is 812 g/mol. The molecule has 9 rings (SSSR count). The minimum Gasteiger partial charge on any atom is -0.164 e. The van der Waals surface area contributed by atoms with Crippen LogP contribution in [-0.2, 0) is 23.3 Å². The third kappa shape index (κ3) is 8.75. The maximum absolute atomic E-state index is 3.06. The van der Waals surface area contributed by atoms with Gasteiger partial charge in [0.1, 0.15) is 0 Å². The third-order valence-corrected chi connectivity index (χ3v) is 10.3. The molecule has 0 amide bonds. The fourth-order valence-electron chi connectivity index (χ4n) is 7.91. The van der Waals surface area contributed by atoms with E-state index in [4.69, 9.17) is 0 Å². The minimum absolute atomic E-state index is 0. The molecule has 8 aromatic carbocycles. The Morgan fingerprint density at radius 3 is 1.62 bits per heavy atom. The Morgan fingerprint density at radius 1 is 0.519 bits per heavy atom. The maximum Gasteiger partial charge on any atom is -0.0114 e. The van der Waals surface area contributed by atoms with Crippen molar-refractivity contribution in [1.29, 1.82) is 0 Å². The largest absolute Gasteiger partial charge is 0.164 e. The number of aryl methyl sites for hydroxylation is 2. The van der Waals surface area contributed by atoms with Gasteiger partial charge in [0.2, 0.25) is 0 Å². The van der Waals surface area contributed by atoms with Crippen molar-refractivity contribution in [2.24, 2.45) is 0 Å². The van der Waals surface area contributed by atoms with Crippen LogP contribution in [0.15, 0.2) is 140 Å². The summed E-state index contributed by atoms with van der Waals surface area (Å²) >= 11 is 1.36. The van der Waals surface area contributed by atoms with Gasteiger partial charge in [-0.05, 0) is 51.4 Å². The predicted octanol–water partition coefficient (Wildman–Crippen LogP) is 14.8. The molecule has 0 nitrogen and oxygen atoms in total. The van der Waals surface area contributed by atoms with Crippen molar-refractivity contribution in [3.05, 3.63) is 171 Å². The van der Waals surface area contributed by atoms with Crippen molar-refractivity contribution < 1.29 is 23.3 Å². The Bertz CT molecular complexity index is 2350. The normalized spacial score (nSPS) is 12.2. The first kappa shape index (κ1) is 43.1. The number of rotatable bonds is 3. The van der Waals surface area contributed by atoms with Gasteiger partial charge >= 0.3 is 30.2 Å². The van der Waals surface area contributed by atoms with Crippen molar-refractivity contribution in [1.82, 2.24) is 0 Å². The molecular formula is C48H48Cl2SiZr-4. The minimum atomic E-state index is 0. The van der Waals surface area contributed by atoms with Crippen LogP contribution in [0.4, 0.5) is 0 Å². The molecule has 4 heteroatoms. The summed E-state index contributed by atoms with van der Waals surface area (Å²) in [6.45, 7) is 7.42. The average molecular weight is 815 g/mol. The third-order valence-electron chi connectivity index (χ3n) is 10.3. The molecular weight excluding hydrogens is 767 g/mol. The molecule has 1 saturated carbocycles. The zero-order valence-electron chi connectivity index (χ0n) is 30.7. The Kier molecular flexibility index (Phi) is 16.4. The number of benzene rings is 6. The van der Waals surface area contributed by atoms with E-state index in [9.17, 15) is 0 Å². The van der Waals surface area contributed by atoms with Crippen LogP contribution in [0.5, 0.6) is 0 Å². The molecule has 0 bridgehead atoms. The second kappa shape index (κ2) is 19.7. The zero-order valence-corrected chi connectivity index (χ0v) is 35.8. The molecule has 0 atom stereocenters. The van der Waals surface area contributed by atoms with Gasteiger partial charge < -0.3 is 14.9 Å². The van der Waals surface area contributed by atoms with E-state index in [1.165, 1.54) is 132 Å². The standard InChI is InChI=1S/C25H23.C21H17.2CH3.2ClH.Si.Zr/c1-2-8-18(9-3-1)21-16-20-12-7-15-24(25(20)17-21)23-14-6-11-19-10-4-5-13-22(19)23;1-14-12-20-15(2)10-11-19(21(20)13-14)18-9-5-7-16-6-3-4-8-17(16)18;;;;;;/h4-7,10-18H,1-3,8-9H2;3-13H,1-2H3;2*1H3;2*1H;;/q4*-1;;;;. The Hall–Kier alpha value is -3.26.